The molecular weight excluding hydrogens is 222 g/mol. The van der Waals surface area contributed by atoms with Gasteiger partial charge in [-0.05, 0) is 23.8 Å². The van der Waals surface area contributed by atoms with Crippen molar-refractivity contribution in [1.29, 1.82) is 0 Å². The van der Waals surface area contributed by atoms with Gasteiger partial charge in [-0.1, -0.05) is 30.3 Å². The van der Waals surface area contributed by atoms with Crippen molar-refractivity contribution in [1.82, 2.24) is 0 Å². The maximum Gasteiger partial charge on any atom is 0.167 e. The zero-order valence-electron chi connectivity index (χ0n) is 8.99. The second kappa shape index (κ2) is 4.87. The summed E-state index contributed by atoms with van der Waals surface area (Å²) in [7, 11) is 0. The SMILES string of the molecule is O=C(Cc1cc(F)ccc1F)c1ccccc1. The molecule has 0 aliphatic heterocycles. The van der Waals surface area contributed by atoms with Crippen LogP contribution in [0.5, 0.6) is 0 Å². The number of hydrogen-bond acceptors (Lipinski definition) is 1. The van der Waals surface area contributed by atoms with Gasteiger partial charge in [0.2, 0.25) is 0 Å². The fourth-order valence-corrected chi connectivity index (χ4v) is 1.58. The lowest BCUT2D eigenvalue weighted by molar-refractivity contribution is 0.0992. The van der Waals surface area contributed by atoms with Gasteiger partial charge in [0.25, 0.3) is 0 Å². The highest BCUT2D eigenvalue weighted by Crippen LogP contribution is 2.13. The lowest BCUT2D eigenvalue weighted by Crippen LogP contribution is -2.05. The van der Waals surface area contributed by atoms with E-state index in [0.717, 1.165) is 18.2 Å². The summed E-state index contributed by atoms with van der Waals surface area (Å²) in [6, 6.07) is 11.7. The Balaban J connectivity index is 2.22. The van der Waals surface area contributed by atoms with Crippen molar-refractivity contribution in [3.05, 3.63) is 71.3 Å². The van der Waals surface area contributed by atoms with E-state index in [4.69, 9.17) is 0 Å². The molecule has 0 bridgehead atoms. The Kier molecular flexibility index (Phi) is 3.28. The average molecular weight is 232 g/mol. The van der Waals surface area contributed by atoms with E-state index in [1.807, 2.05) is 0 Å². The summed E-state index contributed by atoms with van der Waals surface area (Å²) in [5.74, 6) is -1.33. The maximum atomic E-state index is 13.3. The molecule has 17 heavy (non-hydrogen) atoms. The second-order valence-electron chi connectivity index (χ2n) is 3.70. The van der Waals surface area contributed by atoms with E-state index in [9.17, 15) is 13.6 Å². The number of hydrogen-bond donors (Lipinski definition) is 0. The molecule has 0 atom stereocenters. The number of rotatable bonds is 3. The van der Waals surface area contributed by atoms with Crippen LogP contribution in [-0.2, 0) is 6.42 Å². The molecule has 0 radical (unpaired) electrons. The van der Waals surface area contributed by atoms with Crippen molar-refractivity contribution in [3.63, 3.8) is 0 Å². The van der Waals surface area contributed by atoms with Gasteiger partial charge in [0, 0.05) is 12.0 Å². The Morgan fingerprint density at radius 3 is 2.41 bits per heavy atom. The van der Waals surface area contributed by atoms with E-state index < -0.39 is 11.6 Å². The lowest BCUT2D eigenvalue weighted by Gasteiger charge is -2.03. The number of benzene rings is 2. The van der Waals surface area contributed by atoms with Crippen molar-refractivity contribution in [2.24, 2.45) is 0 Å². The predicted molar refractivity (Wildman–Crippen MR) is 60.8 cm³/mol. The summed E-state index contributed by atoms with van der Waals surface area (Å²) in [5, 5.41) is 0. The van der Waals surface area contributed by atoms with E-state index in [0.29, 0.717) is 5.56 Å². The van der Waals surface area contributed by atoms with Crippen LogP contribution in [-0.4, -0.2) is 5.78 Å². The molecule has 2 rings (SSSR count). The molecule has 3 heteroatoms. The quantitative estimate of drug-likeness (QED) is 0.741. The van der Waals surface area contributed by atoms with Gasteiger partial charge < -0.3 is 0 Å². The zero-order chi connectivity index (χ0) is 12.3. The highest BCUT2D eigenvalue weighted by Gasteiger charge is 2.10. The van der Waals surface area contributed by atoms with Crippen LogP contribution in [0, 0.1) is 11.6 Å². The molecule has 0 aliphatic rings. The van der Waals surface area contributed by atoms with Crippen LogP contribution < -0.4 is 0 Å². The molecule has 86 valence electrons. The Morgan fingerprint density at radius 1 is 1.00 bits per heavy atom. The van der Waals surface area contributed by atoms with Crippen molar-refractivity contribution >= 4 is 5.78 Å². The van der Waals surface area contributed by atoms with Crippen molar-refractivity contribution < 1.29 is 13.6 Å². The normalized spacial score (nSPS) is 10.2. The minimum Gasteiger partial charge on any atom is -0.294 e. The van der Waals surface area contributed by atoms with E-state index in [2.05, 4.69) is 0 Å². The number of Topliss-reactive ketones (excluding diaryl/α,β-unsaturated/α-hetero) is 1. The smallest absolute Gasteiger partial charge is 0.167 e. The molecule has 0 N–H and O–H groups in total. The van der Waals surface area contributed by atoms with Crippen molar-refractivity contribution in [2.75, 3.05) is 0 Å². The van der Waals surface area contributed by atoms with E-state index in [1.54, 1.807) is 30.3 Å². The highest BCUT2D eigenvalue weighted by molar-refractivity contribution is 5.97. The Bertz CT molecular complexity index is 535. The van der Waals surface area contributed by atoms with Crippen LogP contribution in [0.2, 0.25) is 0 Å². The Hall–Kier alpha value is -2.03. The summed E-state index contributed by atoms with van der Waals surface area (Å²) in [4.78, 5) is 11.8. The van der Waals surface area contributed by atoms with Crippen LogP contribution in [0.25, 0.3) is 0 Å². The molecule has 0 fully saturated rings. The summed E-state index contributed by atoms with van der Waals surface area (Å²) >= 11 is 0. The van der Waals surface area contributed by atoms with Crippen LogP contribution in [0.1, 0.15) is 15.9 Å². The first-order valence-electron chi connectivity index (χ1n) is 5.19. The summed E-state index contributed by atoms with van der Waals surface area (Å²) in [6.07, 6.45) is -0.131. The third kappa shape index (κ3) is 2.75. The van der Waals surface area contributed by atoms with Gasteiger partial charge in [-0.2, -0.15) is 0 Å². The van der Waals surface area contributed by atoms with Gasteiger partial charge in [0.05, 0.1) is 0 Å². The van der Waals surface area contributed by atoms with Crippen molar-refractivity contribution in [2.45, 2.75) is 6.42 Å². The van der Waals surface area contributed by atoms with Crippen LogP contribution in [0.3, 0.4) is 0 Å². The minimum absolute atomic E-state index is 0.0823. The molecule has 0 saturated carbocycles. The zero-order valence-corrected chi connectivity index (χ0v) is 8.99. The van der Waals surface area contributed by atoms with Crippen LogP contribution in [0.4, 0.5) is 8.78 Å². The first-order valence-corrected chi connectivity index (χ1v) is 5.19. The fraction of sp³-hybridized carbons (Fsp3) is 0.0714. The highest BCUT2D eigenvalue weighted by atomic mass is 19.1. The van der Waals surface area contributed by atoms with Crippen molar-refractivity contribution in [3.8, 4) is 0 Å². The number of halogens is 2. The van der Waals surface area contributed by atoms with Gasteiger partial charge in [-0.15, -0.1) is 0 Å². The average Bonchev–Trinajstić information content (AvgIpc) is 2.35. The fourth-order valence-electron chi connectivity index (χ4n) is 1.58. The predicted octanol–water partition coefficient (Wildman–Crippen LogP) is 3.39. The van der Waals surface area contributed by atoms with Gasteiger partial charge in [0.1, 0.15) is 11.6 Å². The maximum absolute atomic E-state index is 13.3. The van der Waals surface area contributed by atoms with Crippen LogP contribution in [0.15, 0.2) is 48.5 Å². The number of ketones is 1. The standard InChI is InChI=1S/C14H10F2O/c15-12-6-7-13(16)11(8-12)9-14(17)10-4-2-1-3-5-10/h1-8H,9H2. The first kappa shape index (κ1) is 11.5. The monoisotopic (exact) mass is 232 g/mol. The topological polar surface area (TPSA) is 17.1 Å². The molecule has 0 unspecified atom stereocenters. The lowest BCUT2D eigenvalue weighted by atomic mass is 10.0. The number of carbonyl (C=O) groups is 1. The van der Waals surface area contributed by atoms with E-state index in [1.165, 1.54) is 0 Å². The summed E-state index contributed by atoms with van der Waals surface area (Å²) in [5.41, 5.74) is 0.579. The summed E-state index contributed by atoms with van der Waals surface area (Å²) < 4.78 is 26.2. The van der Waals surface area contributed by atoms with Gasteiger partial charge >= 0.3 is 0 Å². The molecule has 0 aromatic heterocycles. The largest absolute Gasteiger partial charge is 0.294 e. The molecule has 0 spiro atoms. The Morgan fingerprint density at radius 2 is 1.71 bits per heavy atom. The molecular formula is C14H10F2O. The molecule has 2 aromatic rings. The third-order valence-corrected chi connectivity index (χ3v) is 2.45. The molecule has 0 saturated heterocycles. The molecule has 0 amide bonds. The van der Waals surface area contributed by atoms with Gasteiger partial charge in [-0.3, -0.25) is 4.79 Å². The molecule has 0 aliphatic carbocycles. The van der Waals surface area contributed by atoms with Gasteiger partial charge in [-0.25, -0.2) is 8.78 Å². The van der Waals surface area contributed by atoms with Crippen LogP contribution >= 0.6 is 0 Å². The molecule has 1 nitrogen and oxygen atoms in total. The minimum atomic E-state index is -0.560. The summed E-state index contributed by atoms with van der Waals surface area (Å²) in [6.45, 7) is 0. The third-order valence-electron chi connectivity index (χ3n) is 2.45. The molecule has 2 aromatic carbocycles. The second-order valence-corrected chi connectivity index (χ2v) is 3.70. The number of carbonyl (C=O) groups excluding carboxylic acids is 1. The molecule has 0 heterocycles. The van der Waals surface area contributed by atoms with E-state index in [-0.39, 0.29) is 17.8 Å². The van der Waals surface area contributed by atoms with E-state index >= 15 is 0 Å². The Labute approximate surface area is 97.7 Å². The first-order chi connectivity index (χ1) is 8.16. The van der Waals surface area contributed by atoms with Gasteiger partial charge in [0.15, 0.2) is 5.78 Å².